The number of H-pyrrole nitrogens is 2. The van der Waals surface area contributed by atoms with E-state index in [0.717, 1.165) is 60.7 Å². The monoisotopic (exact) mass is 1380 g/mol. The van der Waals surface area contributed by atoms with Gasteiger partial charge in [-0.15, -0.1) is 17.0 Å². The number of esters is 2. The van der Waals surface area contributed by atoms with Crippen LogP contribution in [-0.4, -0.2) is 142 Å². The number of aromatic nitrogens is 5. The Morgan fingerprint density at radius 2 is 0.862 bits per heavy atom. The van der Waals surface area contributed by atoms with E-state index in [2.05, 4.69) is 52.5 Å². The molecule has 3 aromatic carbocycles. The zero-order valence-corrected chi connectivity index (χ0v) is 49.4. The number of nitro groups is 3. The Labute approximate surface area is 529 Å². The number of ketones is 3. The maximum atomic E-state index is 12.2. The molecule has 0 spiro atoms. The molecule has 0 amide bonds. The number of Topliss-reactive ketones (excluding diaryl/α,β-unsaturated/α-hetero) is 3. The summed E-state index contributed by atoms with van der Waals surface area (Å²) in [4.78, 5) is 117. The minimum Gasteiger partial charge on any atom is -0.504 e. The summed E-state index contributed by atoms with van der Waals surface area (Å²) in [5.41, 5.74) is -4.49. The second-order valence-electron chi connectivity index (χ2n) is 16.2. The second-order valence-corrected chi connectivity index (χ2v) is 16.2. The first kappa shape index (κ1) is 75.9. The van der Waals surface area contributed by atoms with E-state index in [1.54, 1.807) is 18.2 Å². The molecule has 0 aliphatic heterocycles. The summed E-state index contributed by atoms with van der Waals surface area (Å²) in [6, 6.07) is 16.1. The highest BCUT2D eigenvalue weighted by molar-refractivity contribution is 8.93. The van der Waals surface area contributed by atoms with Crippen molar-refractivity contribution in [2.45, 2.75) is 6.42 Å². The number of hydrogen-bond acceptors (Lipinski definition) is 36. The average molecular weight is 1380 g/mol. The number of nitrogens with zero attached hydrogens (tertiary/aromatic N) is 9. The molecule has 0 aliphatic rings. The summed E-state index contributed by atoms with van der Waals surface area (Å²) < 4.78 is 45.6. The van der Waals surface area contributed by atoms with Crippen LogP contribution in [0.25, 0.3) is 12.2 Å². The van der Waals surface area contributed by atoms with Gasteiger partial charge in [-0.1, -0.05) is 0 Å². The fraction of sp³-hybridized carbons (Fsp3) is 0.115. The smallest absolute Gasteiger partial charge is 0.377 e. The van der Waals surface area contributed by atoms with Gasteiger partial charge < -0.3 is 76.9 Å². The fourth-order valence-corrected chi connectivity index (χ4v) is 5.96. The van der Waals surface area contributed by atoms with E-state index in [9.17, 15) is 89.1 Å². The number of nitrogens with one attached hydrogen (secondary N) is 2. The molecule has 42 heteroatoms. The third kappa shape index (κ3) is 21.6. The Kier molecular flexibility index (Phi) is 29.2. The van der Waals surface area contributed by atoms with Crippen molar-refractivity contribution in [2.75, 3.05) is 35.5 Å². The molecule has 490 valence electrons. The number of aromatic hydroxyl groups is 6. The lowest BCUT2D eigenvalue weighted by Gasteiger charge is -2.02. The van der Waals surface area contributed by atoms with E-state index >= 15 is 0 Å². The summed E-state index contributed by atoms with van der Waals surface area (Å²) in [5, 5.41) is 128. The van der Waals surface area contributed by atoms with Crippen molar-refractivity contribution < 1.29 is 120 Å². The lowest BCUT2D eigenvalue weighted by Crippen LogP contribution is -2.01. The van der Waals surface area contributed by atoms with Crippen molar-refractivity contribution in [2.24, 2.45) is 0 Å². The molecule has 0 bridgehead atoms. The SMILES string of the molecule is Br.COC(=O)c1cc(=O)[nH]o1.COC(=O)c1cc(OC)no1.COc1cc(C(=O)/C(C#N)=C/c2cc(O)c(O)c([N+](=O)[O-])c2)on1.COc1cc(C(=O)CC#N)on1.N#C/C(=C\c1cc(O)c(O)c([N+](=O)[O-])c1)C(=O)c1cc(=O)[nH]o1.O=Cc1cc(O)c(O)c([N+](=O)[O-])c1. The first-order valence-electron chi connectivity index (χ1n) is 23.9. The van der Waals surface area contributed by atoms with Gasteiger partial charge in [-0.25, -0.2) is 9.59 Å². The van der Waals surface area contributed by atoms with Crippen molar-refractivity contribution in [1.82, 2.24) is 25.8 Å². The van der Waals surface area contributed by atoms with Crippen molar-refractivity contribution in [3.05, 3.63) is 174 Å². The Morgan fingerprint density at radius 1 is 0.521 bits per heavy atom. The molecule has 5 aromatic heterocycles. The molecule has 41 nitrogen and oxygen atoms in total. The first-order chi connectivity index (χ1) is 44.0. The zero-order chi connectivity index (χ0) is 69.8. The van der Waals surface area contributed by atoms with E-state index < -0.39 is 124 Å². The highest BCUT2D eigenvalue weighted by Crippen LogP contribution is 2.39. The zero-order valence-electron chi connectivity index (χ0n) is 47.7. The van der Waals surface area contributed by atoms with Gasteiger partial charge in [-0.05, 0) is 56.9 Å². The van der Waals surface area contributed by atoms with Crippen molar-refractivity contribution in [1.29, 1.82) is 15.8 Å². The molecular weight excluding hydrogens is 1340 g/mol. The van der Waals surface area contributed by atoms with Gasteiger partial charge in [-0.2, -0.15) is 26.1 Å². The number of hydrogen-bond donors (Lipinski definition) is 8. The molecule has 8 N–H and O–H groups in total. The normalized spacial score (nSPS) is 10.0. The highest BCUT2D eigenvalue weighted by atomic mass is 79.9. The van der Waals surface area contributed by atoms with Gasteiger partial charge in [0.15, 0.2) is 17.2 Å². The maximum absolute atomic E-state index is 12.2. The summed E-state index contributed by atoms with van der Waals surface area (Å²) in [5.74, 6) is -8.51. The molecule has 0 unspecified atom stereocenters. The Bertz CT molecular complexity index is 4430. The number of halogens is 1. The molecule has 94 heavy (non-hydrogen) atoms. The summed E-state index contributed by atoms with van der Waals surface area (Å²) in [6.45, 7) is 0. The molecule has 0 saturated heterocycles. The Morgan fingerprint density at radius 3 is 1.20 bits per heavy atom. The molecule has 0 aliphatic carbocycles. The highest BCUT2D eigenvalue weighted by Gasteiger charge is 2.24. The van der Waals surface area contributed by atoms with E-state index in [1.165, 1.54) is 53.7 Å². The largest absolute Gasteiger partial charge is 0.504 e. The lowest BCUT2D eigenvalue weighted by atomic mass is 10.1. The van der Waals surface area contributed by atoms with Crippen LogP contribution in [0.15, 0.2) is 110 Å². The third-order valence-electron chi connectivity index (χ3n) is 10.2. The minimum atomic E-state index is -0.939. The van der Waals surface area contributed by atoms with Gasteiger partial charge in [0.1, 0.15) is 36.0 Å². The Balaban J connectivity index is 0.000000397. The topological polar surface area (TPSA) is 641 Å². The fourth-order valence-electron chi connectivity index (χ4n) is 5.96. The van der Waals surface area contributed by atoms with Crippen LogP contribution in [0.3, 0.4) is 0 Å². The number of aldehydes is 1. The summed E-state index contributed by atoms with van der Waals surface area (Å²) in [7, 11) is 6.62. The van der Waals surface area contributed by atoms with E-state index in [1.807, 2.05) is 10.3 Å². The number of aromatic amines is 2. The quantitative estimate of drug-likeness (QED) is 0.00841. The number of carbonyl (C=O) groups is 6. The number of carbonyl (C=O) groups excluding carboxylic acids is 6. The van der Waals surface area contributed by atoms with Crippen LogP contribution in [0.4, 0.5) is 17.1 Å². The summed E-state index contributed by atoms with van der Waals surface area (Å²) >= 11 is 0. The van der Waals surface area contributed by atoms with Crippen LogP contribution in [0.5, 0.6) is 52.1 Å². The van der Waals surface area contributed by atoms with Crippen LogP contribution in [0.1, 0.15) is 80.7 Å². The number of nitro benzene ring substituents is 3. The maximum Gasteiger partial charge on any atom is 0.377 e. The number of rotatable bonds is 17. The van der Waals surface area contributed by atoms with Crippen LogP contribution < -0.4 is 25.3 Å². The second kappa shape index (κ2) is 36.2. The standard InChI is InChI=1S/C14H9N3O7.C13H7N3O7.C7H6N2O3.C7H5NO5.C6H7NO4.C5H5NO4.BrH/c1-23-12-5-11(24-16-12)13(19)8(6-15)2-7-3-9(17(21)22)14(20)10(18)4-7;14-5-7(12(19)10-4-11(18)15-23-10)1-6-2-8(16(21)22)13(20)9(17)3-6;1-11-7-4-6(12-9-7)5(10)2-3-8;9-3-4-1-5(8(12)13)7(11)6(10)2-4;1-9-5-3-4(11-7-5)6(8)10-2;1-9-5(8)3-2-4(7)6-10-3;/h2-5,18,20H,1H3;1-4,17,20H,(H,15,18);4H,2H2,1H3;1-3,10-11H;3H,1-2H3;2H,1H3,(H,6,7);1H/b8-2+;7-1+;;;;;. The van der Waals surface area contributed by atoms with Crippen molar-refractivity contribution >= 4 is 81.8 Å². The molecule has 0 atom stereocenters. The number of nitriles is 3. The van der Waals surface area contributed by atoms with Crippen LogP contribution in [0.2, 0.25) is 0 Å². The molecule has 8 rings (SSSR count). The first-order valence-corrected chi connectivity index (χ1v) is 23.9. The number of benzene rings is 3. The molecule has 0 fully saturated rings. The van der Waals surface area contributed by atoms with Crippen LogP contribution >= 0.6 is 17.0 Å². The van der Waals surface area contributed by atoms with Crippen molar-refractivity contribution in [3.8, 4) is 70.3 Å². The van der Waals surface area contributed by atoms with E-state index in [4.69, 9.17) is 35.3 Å². The van der Waals surface area contributed by atoms with Crippen LogP contribution in [0, 0.1) is 64.3 Å². The van der Waals surface area contributed by atoms with Crippen LogP contribution in [-0.2, 0) is 9.47 Å². The van der Waals surface area contributed by atoms with Gasteiger partial charge in [0.2, 0.25) is 63.4 Å². The van der Waals surface area contributed by atoms with Gasteiger partial charge in [-0.3, -0.25) is 59.1 Å². The third-order valence-corrected chi connectivity index (χ3v) is 10.2. The van der Waals surface area contributed by atoms with Gasteiger partial charge in [0.25, 0.3) is 28.8 Å². The molecule has 0 saturated carbocycles. The number of phenols is 6. The van der Waals surface area contributed by atoms with Gasteiger partial charge >= 0.3 is 29.0 Å². The number of ether oxygens (including phenoxy) is 5. The predicted octanol–water partition coefficient (Wildman–Crippen LogP) is 5.27. The van der Waals surface area contributed by atoms with Crippen molar-refractivity contribution in [3.63, 3.8) is 0 Å². The molecule has 5 heterocycles. The predicted molar refractivity (Wildman–Crippen MR) is 306 cm³/mol. The Hall–Kier alpha value is -14.2. The van der Waals surface area contributed by atoms with E-state index in [-0.39, 0.29) is 80.8 Å². The molecular formula is C52H40BrN11O30. The average Bonchev–Trinajstić information content (AvgIpc) is 1.16. The molecule has 8 aromatic rings. The summed E-state index contributed by atoms with van der Waals surface area (Å²) in [6.07, 6.45) is 2.08. The van der Waals surface area contributed by atoms with Gasteiger partial charge in [0.05, 0.1) is 86.7 Å². The number of methoxy groups -OCH3 is 5. The van der Waals surface area contributed by atoms with E-state index in [0.29, 0.717) is 6.29 Å². The minimum absolute atomic E-state index is 0. The molecule has 0 radical (unpaired) electrons. The lowest BCUT2D eigenvalue weighted by molar-refractivity contribution is -0.386. The number of phenolic OH excluding ortho intramolecular Hbond substituents is 6. The van der Waals surface area contributed by atoms with Gasteiger partial charge in [0, 0.05) is 23.8 Å². The number of allylic oxidation sites excluding steroid dienone is 2.